The fourth-order valence-electron chi connectivity index (χ4n) is 6.91. The van der Waals surface area contributed by atoms with Crippen molar-refractivity contribution in [3.05, 3.63) is 77.6 Å². The minimum absolute atomic E-state index is 0.0108. The van der Waals surface area contributed by atoms with Crippen molar-refractivity contribution in [1.29, 1.82) is 0 Å². The largest absolute Gasteiger partial charge is 0.335 e. The van der Waals surface area contributed by atoms with Gasteiger partial charge in [0.1, 0.15) is 0 Å². The number of aromatic nitrogens is 2. The molecular formula is C31H36N4O2. The third-order valence-corrected chi connectivity index (χ3v) is 8.67. The van der Waals surface area contributed by atoms with E-state index in [4.69, 9.17) is 0 Å². The van der Waals surface area contributed by atoms with Gasteiger partial charge in [-0.05, 0) is 92.3 Å². The molecule has 37 heavy (non-hydrogen) atoms. The van der Waals surface area contributed by atoms with Crippen LogP contribution in [0.5, 0.6) is 0 Å². The monoisotopic (exact) mass is 496 g/mol. The zero-order valence-electron chi connectivity index (χ0n) is 21.4. The summed E-state index contributed by atoms with van der Waals surface area (Å²) in [4.78, 5) is 30.0. The Morgan fingerprint density at radius 2 is 1.70 bits per heavy atom. The Bertz CT molecular complexity index is 1260. The van der Waals surface area contributed by atoms with Gasteiger partial charge in [-0.1, -0.05) is 37.5 Å². The van der Waals surface area contributed by atoms with E-state index in [1.807, 2.05) is 47.5 Å². The molecule has 1 saturated carbocycles. The zero-order chi connectivity index (χ0) is 25.2. The van der Waals surface area contributed by atoms with Crippen LogP contribution in [0.3, 0.4) is 0 Å². The Morgan fingerprint density at radius 3 is 2.54 bits per heavy atom. The Balaban J connectivity index is 1.30. The van der Waals surface area contributed by atoms with Crippen molar-refractivity contribution in [2.24, 2.45) is 11.8 Å². The van der Waals surface area contributed by atoms with Gasteiger partial charge in [0.2, 0.25) is 5.91 Å². The molecule has 1 aromatic heterocycles. The van der Waals surface area contributed by atoms with Crippen molar-refractivity contribution in [2.45, 2.75) is 70.3 Å². The highest BCUT2D eigenvalue weighted by atomic mass is 16.2. The lowest BCUT2D eigenvalue weighted by molar-refractivity contribution is -0.124. The Labute approximate surface area is 219 Å². The number of amides is 2. The second-order valence-corrected chi connectivity index (χ2v) is 10.9. The average Bonchev–Trinajstić information content (AvgIpc) is 3.65. The first-order valence-electron chi connectivity index (χ1n) is 14.0. The lowest BCUT2D eigenvalue weighted by atomic mass is 9.74. The van der Waals surface area contributed by atoms with Gasteiger partial charge >= 0.3 is 0 Å². The summed E-state index contributed by atoms with van der Waals surface area (Å²) < 4.78 is 1.75. The third kappa shape index (κ3) is 4.81. The fourth-order valence-corrected chi connectivity index (χ4v) is 6.91. The molecule has 2 heterocycles. The standard InChI is InChI=1S/C31H36N4O2/c36-30(33-25-17-16-22-11-6-12-24(22)21-25)27-14-7-19-34(29(27)23-9-2-1-3-10-23)31(37)26-13-4-5-15-28(26)35-20-8-18-32-35/h4-5,8,13,15-18,20-21,23,27,29H,1-3,6-7,9-12,14,19H2,(H,33,36)/t27-,29-/m0/s1. The van der Waals surface area contributed by atoms with Crippen molar-refractivity contribution in [2.75, 3.05) is 11.9 Å². The van der Waals surface area contributed by atoms with Crippen LogP contribution in [0.15, 0.2) is 60.9 Å². The van der Waals surface area contributed by atoms with Crippen LogP contribution in [0.4, 0.5) is 5.69 Å². The molecule has 0 bridgehead atoms. The van der Waals surface area contributed by atoms with Gasteiger partial charge in [0.15, 0.2) is 0 Å². The summed E-state index contributed by atoms with van der Waals surface area (Å²) >= 11 is 0. The number of rotatable bonds is 5. The molecule has 2 aromatic carbocycles. The summed E-state index contributed by atoms with van der Waals surface area (Å²) in [6.07, 6.45) is 14.4. The molecule has 0 spiro atoms. The molecule has 3 aromatic rings. The summed E-state index contributed by atoms with van der Waals surface area (Å²) in [6.45, 7) is 0.691. The number of carbonyl (C=O) groups excluding carboxylic acids is 2. The average molecular weight is 497 g/mol. The predicted molar refractivity (Wildman–Crippen MR) is 145 cm³/mol. The quantitative estimate of drug-likeness (QED) is 0.485. The zero-order valence-corrected chi connectivity index (χ0v) is 21.4. The smallest absolute Gasteiger partial charge is 0.256 e. The van der Waals surface area contributed by atoms with Crippen LogP contribution >= 0.6 is 0 Å². The number of nitrogens with zero attached hydrogens (tertiary/aromatic N) is 3. The van der Waals surface area contributed by atoms with Crippen molar-refractivity contribution in [3.63, 3.8) is 0 Å². The minimum atomic E-state index is -0.203. The Hall–Kier alpha value is -3.41. The third-order valence-electron chi connectivity index (χ3n) is 8.67. The molecule has 2 amide bonds. The van der Waals surface area contributed by atoms with Gasteiger partial charge < -0.3 is 10.2 Å². The van der Waals surface area contributed by atoms with Crippen LogP contribution in [0, 0.1) is 11.8 Å². The molecule has 1 N–H and O–H groups in total. The van der Waals surface area contributed by atoms with Crippen molar-refractivity contribution < 1.29 is 9.59 Å². The van der Waals surface area contributed by atoms with Gasteiger partial charge in [0, 0.05) is 30.7 Å². The van der Waals surface area contributed by atoms with Crippen LogP contribution in [-0.2, 0) is 17.6 Å². The van der Waals surface area contributed by atoms with Crippen LogP contribution in [-0.4, -0.2) is 39.1 Å². The van der Waals surface area contributed by atoms with Crippen LogP contribution < -0.4 is 5.32 Å². The van der Waals surface area contributed by atoms with Crippen LogP contribution in [0.1, 0.15) is 72.9 Å². The lowest BCUT2D eigenvalue weighted by Gasteiger charge is -2.46. The first-order chi connectivity index (χ1) is 18.2. The molecule has 1 saturated heterocycles. The van der Waals surface area contributed by atoms with E-state index in [1.54, 1.807) is 10.9 Å². The Morgan fingerprint density at radius 1 is 0.865 bits per heavy atom. The number of aryl methyl sites for hydroxylation is 2. The molecule has 0 radical (unpaired) electrons. The molecule has 2 atom stereocenters. The van der Waals surface area contributed by atoms with Gasteiger partial charge in [0.25, 0.3) is 5.91 Å². The second kappa shape index (κ2) is 10.5. The van der Waals surface area contributed by atoms with Crippen molar-refractivity contribution in [3.8, 4) is 5.69 Å². The van der Waals surface area contributed by atoms with Gasteiger partial charge in [0.05, 0.1) is 17.2 Å². The minimum Gasteiger partial charge on any atom is -0.335 e. The SMILES string of the molecule is O=C(Nc1ccc2c(c1)CCC2)[C@H]1CCCN(C(=O)c2ccccc2-n2cccn2)[C@H]1C1CCCCC1. The summed E-state index contributed by atoms with van der Waals surface area (Å²) in [6, 6.07) is 15.8. The number of hydrogen-bond donors (Lipinski definition) is 1. The number of likely N-dealkylation sites (tertiary alicyclic amines) is 1. The summed E-state index contributed by atoms with van der Waals surface area (Å²) in [5, 5.41) is 7.63. The van der Waals surface area contributed by atoms with Gasteiger partial charge in [-0.15, -0.1) is 0 Å². The first-order valence-corrected chi connectivity index (χ1v) is 14.0. The van der Waals surface area contributed by atoms with Crippen LogP contribution in [0.2, 0.25) is 0 Å². The molecule has 3 aliphatic rings. The highest BCUT2D eigenvalue weighted by Crippen LogP contribution is 2.38. The number of hydrogen-bond acceptors (Lipinski definition) is 3. The molecule has 192 valence electrons. The van der Waals surface area contributed by atoms with E-state index in [2.05, 4.69) is 22.5 Å². The maximum atomic E-state index is 14.2. The molecule has 1 aliphatic heterocycles. The number of nitrogens with one attached hydrogen (secondary N) is 1. The normalized spacial score (nSPS) is 22.0. The van der Waals surface area contributed by atoms with Gasteiger partial charge in [-0.3, -0.25) is 9.59 Å². The molecule has 6 heteroatoms. The Kier molecular flexibility index (Phi) is 6.81. The molecule has 6 nitrogen and oxygen atoms in total. The summed E-state index contributed by atoms with van der Waals surface area (Å²) in [7, 11) is 0. The fraction of sp³-hybridized carbons (Fsp3) is 0.452. The number of carbonyl (C=O) groups is 2. The highest BCUT2D eigenvalue weighted by molar-refractivity contribution is 5.99. The number of fused-ring (bicyclic) bond motifs is 1. The van der Waals surface area contributed by atoms with Crippen molar-refractivity contribution >= 4 is 17.5 Å². The summed E-state index contributed by atoms with van der Waals surface area (Å²) in [5.41, 5.74) is 5.08. The molecule has 2 aliphatic carbocycles. The van der Waals surface area contributed by atoms with E-state index in [-0.39, 0.29) is 23.8 Å². The summed E-state index contributed by atoms with van der Waals surface area (Å²) in [5.74, 6) is 0.222. The van der Waals surface area contributed by atoms with Gasteiger partial charge in [-0.25, -0.2) is 4.68 Å². The molecule has 2 fully saturated rings. The van der Waals surface area contributed by atoms with E-state index in [0.29, 0.717) is 18.0 Å². The molecular weight excluding hydrogens is 460 g/mol. The number of piperidine rings is 1. The maximum absolute atomic E-state index is 14.2. The maximum Gasteiger partial charge on any atom is 0.256 e. The van der Waals surface area contributed by atoms with E-state index in [0.717, 1.165) is 49.9 Å². The van der Waals surface area contributed by atoms with Crippen molar-refractivity contribution in [1.82, 2.24) is 14.7 Å². The lowest BCUT2D eigenvalue weighted by Crippen LogP contribution is -2.55. The van der Waals surface area contributed by atoms with E-state index in [9.17, 15) is 9.59 Å². The van der Waals surface area contributed by atoms with E-state index in [1.165, 1.54) is 36.8 Å². The number of benzene rings is 2. The predicted octanol–water partition coefficient (Wildman–Crippen LogP) is 5.80. The molecule has 0 unspecified atom stereocenters. The van der Waals surface area contributed by atoms with E-state index < -0.39 is 0 Å². The second-order valence-electron chi connectivity index (χ2n) is 10.9. The van der Waals surface area contributed by atoms with E-state index >= 15 is 0 Å². The molecule has 6 rings (SSSR count). The van der Waals surface area contributed by atoms with Gasteiger partial charge in [-0.2, -0.15) is 5.10 Å². The number of anilines is 1. The topological polar surface area (TPSA) is 67.2 Å². The first kappa shape index (κ1) is 24.0. The highest BCUT2D eigenvalue weighted by Gasteiger charge is 2.43. The van der Waals surface area contributed by atoms with Crippen LogP contribution in [0.25, 0.3) is 5.69 Å². The number of para-hydroxylation sites is 1.